The summed E-state index contributed by atoms with van der Waals surface area (Å²) in [6, 6.07) is 11.9. The van der Waals surface area contributed by atoms with E-state index >= 15 is 0 Å². The monoisotopic (exact) mass is 213 g/mol. The molecular weight excluding hydrogens is 198 g/mol. The number of phenolic OH excluding ortho intramolecular Hbond substituents is 1. The van der Waals surface area contributed by atoms with Gasteiger partial charge in [-0.25, -0.2) is 0 Å². The smallest absolute Gasteiger partial charge is 0.123 e. The van der Waals surface area contributed by atoms with E-state index in [4.69, 9.17) is 5.73 Å². The van der Waals surface area contributed by atoms with Gasteiger partial charge in [0.2, 0.25) is 0 Å². The van der Waals surface area contributed by atoms with E-state index in [2.05, 4.69) is 12.1 Å². The molecule has 0 heterocycles. The minimum absolute atomic E-state index is 0.222. The van der Waals surface area contributed by atoms with Crippen LogP contribution in [0.4, 0.5) is 0 Å². The molecule has 2 aromatic carbocycles. The maximum atomic E-state index is 9.71. The number of fused-ring (bicyclic) bond motifs is 1. The van der Waals surface area contributed by atoms with E-state index in [9.17, 15) is 5.11 Å². The molecule has 1 aliphatic carbocycles. The molecule has 2 aromatic rings. The molecule has 16 heavy (non-hydrogen) atoms. The quantitative estimate of drug-likeness (QED) is 0.805. The van der Waals surface area contributed by atoms with Crippen LogP contribution in [0, 0.1) is 0 Å². The SMILES string of the molecule is NCC1(c2ccc3c(O)cccc3c2)CC1. The Labute approximate surface area is 94.7 Å². The number of aromatic hydroxyl groups is 1. The van der Waals surface area contributed by atoms with Gasteiger partial charge in [-0.05, 0) is 29.9 Å². The second-order valence-electron chi connectivity index (χ2n) is 4.70. The predicted octanol–water partition coefficient (Wildman–Crippen LogP) is 2.54. The number of benzene rings is 2. The zero-order valence-electron chi connectivity index (χ0n) is 9.11. The van der Waals surface area contributed by atoms with E-state index in [0.717, 1.165) is 17.3 Å². The Balaban J connectivity index is 2.17. The van der Waals surface area contributed by atoms with Crippen LogP contribution in [0.1, 0.15) is 18.4 Å². The van der Waals surface area contributed by atoms with Crippen molar-refractivity contribution in [3.05, 3.63) is 42.0 Å². The molecule has 0 amide bonds. The van der Waals surface area contributed by atoms with Crippen LogP contribution >= 0.6 is 0 Å². The van der Waals surface area contributed by atoms with E-state index in [1.54, 1.807) is 6.07 Å². The fourth-order valence-electron chi connectivity index (χ4n) is 2.36. The molecule has 0 spiro atoms. The van der Waals surface area contributed by atoms with Crippen LogP contribution in [0.25, 0.3) is 10.8 Å². The Morgan fingerprint density at radius 3 is 2.69 bits per heavy atom. The van der Waals surface area contributed by atoms with Gasteiger partial charge in [0.05, 0.1) is 0 Å². The normalized spacial score (nSPS) is 17.6. The van der Waals surface area contributed by atoms with Crippen LogP contribution in [0.3, 0.4) is 0 Å². The van der Waals surface area contributed by atoms with Crippen LogP contribution in [0.2, 0.25) is 0 Å². The molecule has 1 aliphatic rings. The molecule has 82 valence electrons. The first-order chi connectivity index (χ1) is 7.75. The molecule has 0 bridgehead atoms. The lowest BCUT2D eigenvalue weighted by molar-refractivity contribution is 0.481. The summed E-state index contributed by atoms with van der Waals surface area (Å²) in [4.78, 5) is 0. The highest BCUT2D eigenvalue weighted by molar-refractivity contribution is 5.88. The van der Waals surface area contributed by atoms with E-state index in [0.29, 0.717) is 5.75 Å². The van der Waals surface area contributed by atoms with Gasteiger partial charge in [0.15, 0.2) is 0 Å². The number of rotatable bonds is 2. The average Bonchev–Trinajstić information content (AvgIpc) is 3.10. The molecule has 2 nitrogen and oxygen atoms in total. The summed E-state index contributed by atoms with van der Waals surface area (Å²) in [5.74, 6) is 0.349. The Hall–Kier alpha value is -1.54. The summed E-state index contributed by atoms with van der Waals surface area (Å²) in [6.07, 6.45) is 2.38. The zero-order chi connectivity index (χ0) is 11.2. The van der Waals surface area contributed by atoms with Crippen LogP contribution in [-0.2, 0) is 5.41 Å². The molecule has 3 N–H and O–H groups in total. The first-order valence-electron chi connectivity index (χ1n) is 5.67. The summed E-state index contributed by atoms with van der Waals surface area (Å²) in [5.41, 5.74) is 7.36. The topological polar surface area (TPSA) is 46.2 Å². The van der Waals surface area contributed by atoms with Crippen molar-refractivity contribution >= 4 is 10.8 Å². The fourth-order valence-corrected chi connectivity index (χ4v) is 2.36. The van der Waals surface area contributed by atoms with Crippen molar-refractivity contribution in [3.63, 3.8) is 0 Å². The zero-order valence-corrected chi connectivity index (χ0v) is 9.11. The highest BCUT2D eigenvalue weighted by Gasteiger charge is 2.42. The second kappa shape index (κ2) is 3.22. The van der Waals surface area contributed by atoms with Crippen molar-refractivity contribution in [1.82, 2.24) is 0 Å². The molecule has 0 unspecified atom stereocenters. The van der Waals surface area contributed by atoms with E-state index in [1.165, 1.54) is 18.4 Å². The third-order valence-electron chi connectivity index (χ3n) is 3.71. The van der Waals surface area contributed by atoms with Crippen molar-refractivity contribution in [3.8, 4) is 5.75 Å². The van der Waals surface area contributed by atoms with Crippen molar-refractivity contribution < 1.29 is 5.11 Å². The van der Waals surface area contributed by atoms with Gasteiger partial charge in [-0.1, -0.05) is 30.3 Å². The predicted molar refractivity (Wildman–Crippen MR) is 65.6 cm³/mol. The van der Waals surface area contributed by atoms with Crippen LogP contribution in [-0.4, -0.2) is 11.7 Å². The van der Waals surface area contributed by atoms with Crippen molar-refractivity contribution in [2.24, 2.45) is 5.73 Å². The molecule has 2 heteroatoms. The minimum atomic E-state index is 0.222. The molecule has 0 aromatic heterocycles. The van der Waals surface area contributed by atoms with Crippen molar-refractivity contribution in [1.29, 1.82) is 0 Å². The Morgan fingerprint density at radius 1 is 1.19 bits per heavy atom. The summed E-state index contributed by atoms with van der Waals surface area (Å²) in [5, 5.41) is 11.7. The molecule has 1 saturated carbocycles. The molecule has 0 radical (unpaired) electrons. The maximum absolute atomic E-state index is 9.71. The van der Waals surface area contributed by atoms with E-state index < -0.39 is 0 Å². The number of hydrogen-bond donors (Lipinski definition) is 2. The molecule has 3 rings (SSSR count). The van der Waals surface area contributed by atoms with Crippen molar-refractivity contribution in [2.75, 3.05) is 6.54 Å². The van der Waals surface area contributed by atoms with Crippen LogP contribution < -0.4 is 5.73 Å². The number of phenols is 1. The summed E-state index contributed by atoms with van der Waals surface area (Å²) >= 11 is 0. The lowest BCUT2D eigenvalue weighted by Crippen LogP contribution is -2.19. The lowest BCUT2D eigenvalue weighted by atomic mass is 9.93. The van der Waals surface area contributed by atoms with Crippen LogP contribution in [0.15, 0.2) is 36.4 Å². The highest BCUT2D eigenvalue weighted by atomic mass is 16.3. The van der Waals surface area contributed by atoms with Gasteiger partial charge in [0.1, 0.15) is 5.75 Å². The lowest BCUT2D eigenvalue weighted by Gasteiger charge is -2.13. The number of hydrogen-bond acceptors (Lipinski definition) is 2. The molecule has 1 fully saturated rings. The van der Waals surface area contributed by atoms with Gasteiger partial charge in [-0.2, -0.15) is 0 Å². The highest BCUT2D eigenvalue weighted by Crippen LogP contribution is 2.47. The van der Waals surface area contributed by atoms with E-state index in [1.807, 2.05) is 18.2 Å². The summed E-state index contributed by atoms with van der Waals surface area (Å²) in [7, 11) is 0. The third-order valence-corrected chi connectivity index (χ3v) is 3.71. The standard InChI is InChI=1S/C14H15NO/c15-9-14(6-7-14)11-4-5-12-10(8-11)2-1-3-13(12)16/h1-5,8,16H,6-7,9,15H2. The fraction of sp³-hybridized carbons (Fsp3) is 0.286. The largest absolute Gasteiger partial charge is 0.507 e. The van der Waals surface area contributed by atoms with Gasteiger partial charge in [0.25, 0.3) is 0 Å². The summed E-state index contributed by atoms with van der Waals surface area (Å²) < 4.78 is 0. The van der Waals surface area contributed by atoms with Crippen LogP contribution in [0.5, 0.6) is 5.75 Å². The molecule has 0 aliphatic heterocycles. The first kappa shape index (κ1) is 9.67. The van der Waals surface area contributed by atoms with Crippen molar-refractivity contribution in [2.45, 2.75) is 18.3 Å². The Morgan fingerprint density at radius 2 is 2.00 bits per heavy atom. The van der Waals surface area contributed by atoms with E-state index in [-0.39, 0.29) is 5.41 Å². The van der Waals surface area contributed by atoms with Gasteiger partial charge >= 0.3 is 0 Å². The second-order valence-corrected chi connectivity index (χ2v) is 4.70. The summed E-state index contributed by atoms with van der Waals surface area (Å²) in [6.45, 7) is 0.720. The van der Waals surface area contributed by atoms with Gasteiger partial charge in [-0.3, -0.25) is 0 Å². The molecular formula is C14H15NO. The molecule has 0 atom stereocenters. The Kier molecular flexibility index (Phi) is 1.95. The Bertz CT molecular complexity index is 543. The maximum Gasteiger partial charge on any atom is 0.123 e. The van der Waals surface area contributed by atoms with Gasteiger partial charge < -0.3 is 10.8 Å². The third kappa shape index (κ3) is 1.30. The minimum Gasteiger partial charge on any atom is -0.507 e. The first-order valence-corrected chi connectivity index (χ1v) is 5.67. The van der Waals surface area contributed by atoms with Gasteiger partial charge in [0, 0.05) is 17.3 Å². The molecule has 0 saturated heterocycles. The van der Waals surface area contributed by atoms with Gasteiger partial charge in [-0.15, -0.1) is 0 Å². The average molecular weight is 213 g/mol. The number of nitrogens with two attached hydrogens (primary N) is 1.